The molecule has 4 N–H and O–H groups in total. The summed E-state index contributed by atoms with van der Waals surface area (Å²) >= 11 is 0. The van der Waals surface area contributed by atoms with Crippen molar-refractivity contribution in [1.82, 2.24) is 31.1 Å². The number of amides is 6. The second kappa shape index (κ2) is 23.6. The predicted octanol–water partition coefficient (Wildman–Crippen LogP) is 4.66. The topological polar surface area (TPSA) is 183 Å². The Kier molecular flexibility index (Phi) is 20.1. The molecule has 1 aromatic rings. The van der Waals surface area contributed by atoms with Crippen LogP contribution in [0.25, 0.3) is 0 Å². The van der Waals surface area contributed by atoms with Crippen LogP contribution in [-0.4, -0.2) is 109 Å². The lowest BCUT2D eigenvalue weighted by molar-refractivity contribution is -0.143. The number of alkyl halides is 2. The molecule has 320 valence electrons. The molecule has 1 aromatic carbocycles. The van der Waals surface area contributed by atoms with Gasteiger partial charge in [0.1, 0.15) is 18.1 Å². The number of nitrogens with one attached hydrogen (secondary N) is 4. The molecule has 1 aliphatic heterocycles. The zero-order valence-electron chi connectivity index (χ0n) is 34.8. The molecule has 0 aromatic heterocycles. The molecule has 57 heavy (non-hydrogen) atoms. The van der Waals surface area contributed by atoms with Crippen molar-refractivity contribution in [2.45, 2.75) is 142 Å². The van der Waals surface area contributed by atoms with Gasteiger partial charge in [0, 0.05) is 33.0 Å². The van der Waals surface area contributed by atoms with Gasteiger partial charge in [-0.25, -0.2) is 13.6 Å². The molecule has 16 heteroatoms. The summed E-state index contributed by atoms with van der Waals surface area (Å²) in [6.07, 6.45) is 3.81. The Bertz CT molecular complexity index is 1500. The van der Waals surface area contributed by atoms with E-state index in [1.165, 1.54) is 30.3 Å². The van der Waals surface area contributed by atoms with Crippen LogP contribution < -0.4 is 21.3 Å². The van der Waals surface area contributed by atoms with Gasteiger partial charge in [-0.15, -0.1) is 0 Å². The van der Waals surface area contributed by atoms with Crippen molar-refractivity contribution in [2.75, 3.05) is 27.2 Å². The number of carbonyl (C=O) groups excluding carboxylic acids is 7. The Balaban J connectivity index is 0.00000214. The summed E-state index contributed by atoms with van der Waals surface area (Å²) in [5.74, 6) is -9.53. The summed E-state index contributed by atoms with van der Waals surface area (Å²) in [7, 11) is 3.03. The maximum absolute atomic E-state index is 14.0. The van der Waals surface area contributed by atoms with Crippen LogP contribution in [0.4, 0.5) is 13.6 Å². The number of Topliss-reactive ketones (excluding diaryl/α,β-unsaturated/α-hetero) is 1. The van der Waals surface area contributed by atoms with Gasteiger partial charge in [-0.1, -0.05) is 83.7 Å². The average Bonchev–Trinajstić information content (AvgIpc) is 3.51. The van der Waals surface area contributed by atoms with Gasteiger partial charge in [0.25, 0.3) is 11.8 Å². The van der Waals surface area contributed by atoms with Crippen LogP contribution in [-0.2, 0) is 33.5 Å². The summed E-state index contributed by atoms with van der Waals surface area (Å²) in [5.41, 5.74) is 0.487. The fourth-order valence-corrected chi connectivity index (χ4v) is 6.82. The highest BCUT2D eigenvalue weighted by Crippen LogP contribution is 2.51. The maximum atomic E-state index is 14.0. The second-order valence-corrected chi connectivity index (χ2v) is 15.0. The number of hydrogen-bond donors (Lipinski definition) is 4. The van der Waals surface area contributed by atoms with E-state index in [0.29, 0.717) is 24.8 Å². The molecule has 2 aliphatic carbocycles. The third-order valence-electron chi connectivity index (χ3n) is 9.71. The van der Waals surface area contributed by atoms with E-state index < -0.39 is 103 Å². The molecular formula is C41H64F2N6O8. The minimum Gasteiger partial charge on any atom is -0.447 e. The quantitative estimate of drug-likeness (QED) is 0.185. The predicted molar refractivity (Wildman–Crippen MR) is 211 cm³/mol. The lowest BCUT2D eigenvalue weighted by atomic mass is 9.83. The molecular weight excluding hydrogens is 742 g/mol. The zero-order chi connectivity index (χ0) is 42.9. The summed E-state index contributed by atoms with van der Waals surface area (Å²) in [6, 6.07) is 3.63. The van der Waals surface area contributed by atoms with Crippen molar-refractivity contribution in [2.24, 2.45) is 11.8 Å². The van der Waals surface area contributed by atoms with Gasteiger partial charge in [-0.2, -0.15) is 0 Å². The monoisotopic (exact) mass is 806 g/mol. The first kappa shape index (κ1) is 48.5. The van der Waals surface area contributed by atoms with Crippen molar-refractivity contribution in [3.63, 3.8) is 0 Å². The van der Waals surface area contributed by atoms with Gasteiger partial charge in [-0.3, -0.25) is 28.8 Å². The molecule has 4 rings (SSSR count). The fourth-order valence-electron chi connectivity index (χ4n) is 6.82. The molecule has 1 saturated heterocycles. The molecule has 0 spiro atoms. The highest BCUT2D eigenvalue weighted by atomic mass is 19.3. The van der Waals surface area contributed by atoms with Gasteiger partial charge in [0.2, 0.25) is 29.4 Å². The van der Waals surface area contributed by atoms with Crippen molar-refractivity contribution < 1.29 is 47.1 Å². The molecule has 2 saturated carbocycles. The Morgan fingerprint density at radius 3 is 2.04 bits per heavy atom. The Morgan fingerprint density at radius 1 is 0.895 bits per heavy atom. The number of likely N-dealkylation sites (tertiary alicyclic amines) is 1. The Morgan fingerprint density at radius 2 is 1.49 bits per heavy atom. The first-order chi connectivity index (χ1) is 27.0. The van der Waals surface area contributed by atoms with E-state index in [1.807, 2.05) is 13.8 Å². The first-order valence-electron chi connectivity index (χ1n) is 20.3. The van der Waals surface area contributed by atoms with E-state index in [9.17, 15) is 42.3 Å². The van der Waals surface area contributed by atoms with Crippen LogP contribution in [0.3, 0.4) is 0 Å². The highest BCUT2D eigenvalue weighted by Gasteiger charge is 2.58. The summed E-state index contributed by atoms with van der Waals surface area (Å²) in [6.45, 7) is 11.1. The van der Waals surface area contributed by atoms with E-state index in [2.05, 4.69) is 35.1 Å². The van der Waals surface area contributed by atoms with Crippen molar-refractivity contribution in [3.05, 3.63) is 35.9 Å². The SMILES string of the molecule is CC.CC(C)OC(=O)NC(C(=O)N1CCCC1C(=O)NC(CC1CC1(F)F)C(=O)C(=O)NCC(=O)NC(C(=O)N(C)C)c1ccccc1)C1CCCCC1.CCC. The third kappa shape index (κ3) is 15.0. The van der Waals surface area contributed by atoms with Crippen molar-refractivity contribution >= 4 is 41.4 Å². The van der Waals surface area contributed by atoms with Crippen molar-refractivity contribution in [3.8, 4) is 0 Å². The number of hydrogen-bond acceptors (Lipinski definition) is 8. The van der Waals surface area contributed by atoms with Crippen LogP contribution in [0, 0.1) is 11.8 Å². The number of halogens is 2. The lowest BCUT2D eigenvalue weighted by Gasteiger charge is -2.34. The van der Waals surface area contributed by atoms with Crippen LogP contribution in [0.1, 0.15) is 117 Å². The largest absolute Gasteiger partial charge is 0.447 e. The Hall–Kier alpha value is -4.63. The van der Waals surface area contributed by atoms with Crippen LogP contribution >= 0.6 is 0 Å². The molecule has 5 unspecified atom stereocenters. The minimum absolute atomic E-state index is 0.179. The van der Waals surface area contributed by atoms with Crippen molar-refractivity contribution in [1.29, 1.82) is 0 Å². The number of alkyl carbamates (subject to hydrolysis) is 1. The number of nitrogens with zero attached hydrogens (tertiary/aromatic N) is 2. The highest BCUT2D eigenvalue weighted by molar-refractivity contribution is 6.38. The van der Waals surface area contributed by atoms with E-state index in [4.69, 9.17) is 4.74 Å². The fraction of sp³-hybridized carbons (Fsp3) is 0.683. The molecule has 14 nitrogen and oxygen atoms in total. The molecule has 6 amide bonds. The molecule has 5 atom stereocenters. The maximum Gasteiger partial charge on any atom is 0.408 e. The number of likely N-dealkylation sites (N-methyl/N-ethyl adjacent to an activating group) is 1. The minimum atomic E-state index is -3.07. The van der Waals surface area contributed by atoms with Gasteiger partial charge in [0.15, 0.2) is 0 Å². The number of ketones is 1. The van der Waals surface area contributed by atoms with E-state index in [1.54, 1.807) is 44.2 Å². The Labute approximate surface area is 335 Å². The van der Waals surface area contributed by atoms with E-state index in [0.717, 1.165) is 19.3 Å². The normalized spacial score (nSPS) is 19.8. The van der Waals surface area contributed by atoms with Crippen LogP contribution in [0.2, 0.25) is 0 Å². The number of ether oxygens (including phenoxy) is 1. The first-order valence-corrected chi connectivity index (χ1v) is 20.3. The summed E-state index contributed by atoms with van der Waals surface area (Å²) in [5, 5.41) is 9.85. The molecule has 0 bridgehead atoms. The summed E-state index contributed by atoms with van der Waals surface area (Å²) in [4.78, 5) is 94.8. The second-order valence-electron chi connectivity index (χ2n) is 15.0. The van der Waals surface area contributed by atoms with Gasteiger partial charge in [0.05, 0.1) is 18.7 Å². The smallest absolute Gasteiger partial charge is 0.408 e. The molecule has 3 aliphatic rings. The standard InChI is InChI=1S/C36H50F2N6O8.C3H8.C2H6/c1-21(2)52-35(51)42-29(23-14-9-6-10-15-23)34(50)44-17-11-16-26(44)31(47)40-25(18-24-19-36(24,37)38)30(46)32(48)39-20-27(45)41-28(33(49)43(3)4)22-12-7-5-8-13-22;1-3-2;1-2/h5,7-8,12-13,21,23-26,28-29H,6,9-11,14-20H2,1-4H3,(H,39,48)(H,40,47)(H,41,45)(H,42,51);3H2,1-2H3;1-2H3. The molecule has 0 radical (unpaired) electrons. The van der Waals surface area contributed by atoms with Gasteiger partial charge < -0.3 is 35.8 Å². The number of carbonyl (C=O) groups is 7. The third-order valence-corrected chi connectivity index (χ3v) is 9.71. The van der Waals surface area contributed by atoms with Gasteiger partial charge >= 0.3 is 6.09 Å². The van der Waals surface area contributed by atoms with E-state index >= 15 is 0 Å². The summed E-state index contributed by atoms with van der Waals surface area (Å²) < 4.78 is 33.2. The molecule has 1 heterocycles. The van der Waals surface area contributed by atoms with Crippen LogP contribution in [0.15, 0.2) is 30.3 Å². The average molecular weight is 807 g/mol. The van der Waals surface area contributed by atoms with Gasteiger partial charge in [-0.05, 0) is 57.4 Å². The number of rotatable bonds is 15. The lowest BCUT2D eigenvalue weighted by Crippen LogP contribution is -2.58. The van der Waals surface area contributed by atoms with Crippen LogP contribution in [0.5, 0.6) is 0 Å². The van der Waals surface area contributed by atoms with E-state index in [-0.39, 0.29) is 18.9 Å². The number of benzene rings is 1. The molecule has 3 fully saturated rings. The zero-order valence-corrected chi connectivity index (χ0v) is 34.8.